The minimum atomic E-state index is 0.836. The van der Waals surface area contributed by atoms with Gasteiger partial charge in [-0.15, -0.1) is 0 Å². The molecule has 1 aliphatic heterocycles. The summed E-state index contributed by atoms with van der Waals surface area (Å²) >= 11 is 0. The Kier molecular flexibility index (Phi) is 14.9. The smallest absolute Gasteiger partial charge is 0.000439 e. The number of piperidine rings is 1. The first kappa shape index (κ1) is 18.3. The van der Waals surface area contributed by atoms with Crippen LogP contribution in [-0.2, 0) is 0 Å². The average Bonchev–Trinajstić information content (AvgIpc) is 2.25. The molecule has 1 heteroatoms. The number of hydrogen-bond donors (Lipinski definition) is 0. The van der Waals surface area contributed by atoms with E-state index in [4.69, 9.17) is 0 Å². The van der Waals surface area contributed by atoms with Crippen LogP contribution in [-0.4, -0.2) is 24.5 Å². The van der Waals surface area contributed by atoms with Gasteiger partial charge in [-0.1, -0.05) is 54.9 Å². The third kappa shape index (κ3) is 12.0. The van der Waals surface area contributed by atoms with E-state index in [9.17, 15) is 0 Å². The Bertz CT molecular complexity index is 113. The van der Waals surface area contributed by atoms with Crippen molar-refractivity contribution in [3.8, 4) is 0 Å². The lowest BCUT2D eigenvalue weighted by atomic mass is 9.98. The normalized spacial score (nSPS) is 17.2. The van der Waals surface area contributed by atoms with E-state index in [1.807, 2.05) is 13.8 Å². The molecule has 100 valence electrons. The van der Waals surface area contributed by atoms with Crippen LogP contribution in [0.2, 0.25) is 0 Å². The maximum Gasteiger partial charge on any atom is 0.000439 e. The van der Waals surface area contributed by atoms with Crippen molar-refractivity contribution in [3.63, 3.8) is 0 Å². The van der Waals surface area contributed by atoms with Gasteiger partial charge in [0, 0.05) is 6.54 Å². The average molecular weight is 229 g/mol. The van der Waals surface area contributed by atoms with Crippen LogP contribution in [0.4, 0.5) is 0 Å². The third-order valence-electron chi connectivity index (χ3n) is 2.50. The number of hydrogen-bond acceptors (Lipinski definition) is 1. The van der Waals surface area contributed by atoms with Crippen LogP contribution in [0.5, 0.6) is 0 Å². The summed E-state index contributed by atoms with van der Waals surface area (Å²) in [5.41, 5.74) is 0. The highest BCUT2D eigenvalue weighted by Gasteiger charge is 2.15. The molecule has 0 N–H and O–H groups in total. The summed E-state index contributed by atoms with van der Waals surface area (Å²) in [4.78, 5) is 2.60. The van der Waals surface area contributed by atoms with E-state index in [1.54, 1.807) is 0 Å². The molecule has 1 aliphatic rings. The van der Waals surface area contributed by atoms with Gasteiger partial charge >= 0.3 is 0 Å². The quantitative estimate of drug-likeness (QED) is 0.656. The largest absolute Gasteiger partial charge is 0.303 e. The van der Waals surface area contributed by atoms with Gasteiger partial charge in [0.2, 0.25) is 0 Å². The molecular weight excluding hydrogens is 194 g/mol. The van der Waals surface area contributed by atoms with E-state index in [0.29, 0.717) is 0 Å². The molecule has 0 radical (unpaired) electrons. The van der Waals surface area contributed by atoms with Crippen LogP contribution in [0.15, 0.2) is 0 Å². The summed E-state index contributed by atoms with van der Waals surface area (Å²) in [6.45, 7) is 19.2. The first-order valence-corrected chi connectivity index (χ1v) is 7.32. The van der Waals surface area contributed by atoms with Crippen LogP contribution in [0, 0.1) is 11.8 Å². The molecule has 1 rings (SSSR count). The fourth-order valence-electron chi connectivity index (χ4n) is 1.76. The van der Waals surface area contributed by atoms with Gasteiger partial charge in [0.25, 0.3) is 0 Å². The molecule has 1 saturated heterocycles. The van der Waals surface area contributed by atoms with E-state index in [2.05, 4.69) is 39.5 Å². The van der Waals surface area contributed by atoms with Crippen LogP contribution < -0.4 is 0 Å². The molecule has 1 heterocycles. The Labute approximate surface area is 105 Å². The van der Waals surface area contributed by atoms with E-state index in [-0.39, 0.29) is 0 Å². The van der Waals surface area contributed by atoms with Gasteiger partial charge in [-0.3, -0.25) is 0 Å². The number of nitrogens with zero attached hydrogens (tertiary/aromatic N) is 1. The summed E-state index contributed by atoms with van der Waals surface area (Å²) in [5.74, 6) is 1.81. The molecule has 1 nitrogen and oxygen atoms in total. The Morgan fingerprint density at radius 2 is 1.44 bits per heavy atom. The molecule has 0 aromatic rings. The van der Waals surface area contributed by atoms with Crippen molar-refractivity contribution >= 4 is 0 Å². The molecule has 1 fully saturated rings. The molecule has 0 aromatic heterocycles. The summed E-state index contributed by atoms with van der Waals surface area (Å²) < 4.78 is 0. The van der Waals surface area contributed by atoms with Crippen molar-refractivity contribution in [1.29, 1.82) is 0 Å². The monoisotopic (exact) mass is 229 g/mol. The molecule has 0 bridgehead atoms. The number of likely N-dealkylation sites (tertiary alicyclic amines) is 1. The second-order valence-corrected chi connectivity index (χ2v) is 5.08. The van der Waals surface area contributed by atoms with E-state index >= 15 is 0 Å². The Morgan fingerprint density at radius 3 is 1.75 bits per heavy atom. The maximum atomic E-state index is 2.60. The van der Waals surface area contributed by atoms with Gasteiger partial charge in [-0.05, 0) is 37.8 Å². The Hall–Kier alpha value is -0.0400. The van der Waals surface area contributed by atoms with Crippen molar-refractivity contribution in [2.45, 2.75) is 67.7 Å². The summed E-state index contributed by atoms with van der Waals surface area (Å²) in [7, 11) is 0. The molecule has 0 saturated carbocycles. The van der Waals surface area contributed by atoms with E-state index in [1.165, 1.54) is 38.9 Å². The first-order chi connectivity index (χ1) is 7.60. The third-order valence-corrected chi connectivity index (χ3v) is 2.50. The van der Waals surface area contributed by atoms with Gasteiger partial charge in [0.15, 0.2) is 0 Å². The molecule has 0 unspecified atom stereocenters. The van der Waals surface area contributed by atoms with Gasteiger partial charge in [-0.2, -0.15) is 0 Å². The fourth-order valence-corrected chi connectivity index (χ4v) is 1.76. The van der Waals surface area contributed by atoms with Crippen molar-refractivity contribution in [1.82, 2.24) is 4.90 Å². The van der Waals surface area contributed by atoms with Crippen molar-refractivity contribution < 1.29 is 0 Å². The summed E-state index contributed by atoms with van der Waals surface area (Å²) in [6.07, 6.45) is 4.07. The summed E-state index contributed by atoms with van der Waals surface area (Å²) in [5, 5.41) is 0. The Morgan fingerprint density at radius 1 is 1.06 bits per heavy atom. The predicted molar refractivity (Wildman–Crippen MR) is 77.0 cm³/mol. The molecule has 0 aliphatic carbocycles. The molecule has 0 spiro atoms. The van der Waals surface area contributed by atoms with E-state index in [0.717, 1.165) is 11.8 Å². The molecule has 16 heavy (non-hydrogen) atoms. The van der Waals surface area contributed by atoms with Gasteiger partial charge in [0.05, 0.1) is 0 Å². The van der Waals surface area contributed by atoms with Crippen LogP contribution in [0.3, 0.4) is 0 Å². The lowest BCUT2D eigenvalue weighted by molar-refractivity contribution is 0.175. The lowest BCUT2D eigenvalue weighted by Crippen LogP contribution is -2.35. The van der Waals surface area contributed by atoms with Crippen LogP contribution >= 0.6 is 0 Å². The standard InChI is InChI=1S/C10H21N.C3H8.C2H6/c1-9(2)8-11-6-4-10(3)5-7-11;1-3-2;1-2/h9-10H,4-8H2,1-3H3;3H2,1-2H3;1-2H3. The van der Waals surface area contributed by atoms with Gasteiger partial charge in [-0.25, -0.2) is 0 Å². The summed E-state index contributed by atoms with van der Waals surface area (Å²) in [6, 6.07) is 0. The number of rotatable bonds is 2. The van der Waals surface area contributed by atoms with Crippen LogP contribution in [0.25, 0.3) is 0 Å². The van der Waals surface area contributed by atoms with Crippen LogP contribution in [0.1, 0.15) is 67.7 Å². The zero-order chi connectivity index (χ0) is 13.0. The topological polar surface area (TPSA) is 3.24 Å². The van der Waals surface area contributed by atoms with Crippen molar-refractivity contribution in [3.05, 3.63) is 0 Å². The minimum Gasteiger partial charge on any atom is -0.303 e. The predicted octanol–water partition coefficient (Wildman–Crippen LogP) is 4.82. The first-order valence-electron chi connectivity index (χ1n) is 7.32. The van der Waals surface area contributed by atoms with Crippen molar-refractivity contribution in [2.75, 3.05) is 19.6 Å². The van der Waals surface area contributed by atoms with Crippen molar-refractivity contribution in [2.24, 2.45) is 11.8 Å². The fraction of sp³-hybridized carbons (Fsp3) is 1.00. The zero-order valence-corrected chi connectivity index (χ0v) is 12.8. The molecule has 0 atom stereocenters. The second-order valence-electron chi connectivity index (χ2n) is 5.08. The highest BCUT2D eigenvalue weighted by molar-refractivity contribution is 4.69. The SMILES string of the molecule is CC.CC(C)CN1CCC(C)CC1.CCC. The molecule has 0 aromatic carbocycles. The maximum absolute atomic E-state index is 2.60. The lowest BCUT2D eigenvalue weighted by Gasteiger charge is -2.31. The zero-order valence-electron chi connectivity index (χ0n) is 12.8. The highest BCUT2D eigenvalue weighted by atomic mass is 15.1. The second kappa shape index (κ2) is 13.0. The van der Waals surface area contributed by atoms with Gasteiger partial charge < -0.3 is 4.90 Å². The highest BCUT2D eigenvalue weighted by Crippen LogP contribution is 2.16. The minimum absolute atomic E-state index is 0.836. The molecular formula is C15H35N. The Balaban J connectivity index is 0. The van der Waals surface area contributed by atoms with Gasteiger partial charge in [0.1, 0.15) is 0 Å². The molecule has 0 amide bonds. The van der Waals surface area contributed by atoms with E-state index < -0.39 is 0 Å².